The maximum atomic E-state index is 4.84. The van der Waals surface area contributed by atoms with Crippen molar-refractivity contribution in [2.45, 2.75) is 33.2 Å². The summed E-state index contributed by atoms with van der Waals surface area (Å²) in [6, 6.07) is 6.63. The van der Waals surface area contributed by atoms with Gasteiger partial charge in [-0.05, 0) is 38.5 Å². The molecule has 0 spiro atoms. The number of aryl methyl sites for hydroxylation is 1. The summed E-state index contributed by atoms with van der Waals surface area (Å²) in [4.78, 5) is 11.9. The van der Waals surface area contributed by atoms with E-state index in [2.05, 4.69) is 45.6 Å². The molecule has 1 aliphatic heterocycles. The molecule has 1 fully saturated rings. The van der Waals surface area contributed by atoms with Crippen molar-refractivity contribution < 1.29 is 0 Å². The van der Waals surface area contributed by atoms with Crippen LogP contribution < -0.4 is 15.5 Å². The Morgan fingerprint density at radius 2 is 2.15 bits per heavy atom. The zero-order valence-electron chi connectivity index (χ0n) is 15.5. The van der Waals surface area contributed by atoms with E-state index in [1.165, 1.54) is 0 Å². The predicted molar refractivity (Wildman–Crippen MR) is 105 cm³/mol. The van der Waals surface area contributed by atoms with Crippen LogP contribution >= 0.6 is 0 Å². The molecule has 1 aliphatic rings. The third-order valence-electron chi connectivity index (χ3n) is 5.11. The molecule has 3 aromatic rings. The van der Waals surface area contributed by atoms with Gasteiger partial charge in [-0.15, -0.1) is 0 Å². The predicted octanol–water partition coefficient (Wildman–Crippen LogP) is 2.90. The zero-order valence-corrected chi connectivity index (χ0v) is 15.5. The quantitative estimate of drug-likeness (QED) is 0.670. The lowest BCUT2D eigenvalue weighted by Gasteiger charge is -2.33. The number of hydrogen-bond acceptors (Lipinski definition) is 6. The Labute approximate surface area is 153 Å². The summed E-state index contributed by atoms with van der Waals surface area (Å²) in [5.41, 5.74) is 4.10. The van der Waals surface area contributed by atoms with Gasteiger partial charge in [0.25, 0.3) is 0 Å². The van der Waals surface area contributed by atoms with E-state index in [0.717, 1.165) is 65.7 Å². The van der Waals surface area contributed by atoms with Crippen LogP contribution in [0.1, 0.15) is 24.6 Å². The molecule has 0 radical (unpaired) electrons. The molecule has 1 aromatic carbocycles. The van der Waals surface area contributed by atoms with E-state index in [-0.39, 0.29) is 0 Å². The van der Waals surface area contributed by atoms with Crippen molar-refractivity contribution in [3.05, 3.63) is 35.7 Å². The van der Waals surface area contributed by atoms with Gasteiger partial charge in [-0.1, -0.05) is 6.92 Å². The summed E-state index contributed by atoms with van der Waals surface area (Å²) < 4.78 is 0. The van der Waals surface area contributed by atoms with Crippen LogP contribution in [0.25, 0.3) is 10.9 Å². The molecule has 136 valence electrons. The number of benzene rings is 1. The van der Waals surface area contributed by atoms with E-state index >= 15 is 0 Å². The van der Waals surface area contributed by atoms with E-state index < -0.39 is 0 Å². The van der Waals surface area contributed by atoms with Gasteiger partial charge >= 0.3 is 0 Å². The Morgan fingerprint density at radius 1 is 1.27 bits per heavy atom. The van der Waals surface area contributed by atoms with Crippen molar-refractivity contribution in [2.75, 3.05) is 29.9 Å². The minimum absolute atomic E-state index is 0.494. The number of rotatable bonds is 4. The Hall–Kier alpha value is -2.67. The molecule has 7 nitrogen and oxygen atoms in total. The zero-order chi connectivity index (χ0) is 18.1. The Balaban J connectivity index is 1.63. The number of nitrogens with zero attached hydrogens (tertiary/aromatic N) is 4. The van der Waals surface area contributed by atoms with Gasteiger partial charge in [0, 0.05) is 48.0 Å². The third kappa shape index (κ3) is 3.22. The molecule has 26 heavy (non-hydrogen) atoms. The van der Waals surface area contributed by atoms with Crippen molar-refractivity contribution in [1.29, 1.82) is 0 Å². The summed E-state index contributed by atoms with van der Waals surface area (Å²) in [5.74, 6) is 1.67. The van der Waals surface area contributed by atoms with E-state index in [0.29, 0.717) is 6.04 Å². The van der Waals surface area contributed by atoms with Gasteiger partial charge in [-0.3, -0.25) is 5.10 Å². The first kappa shape index (κ1) is 16.8. The second-order valence-electron chi connectivity index (χ2n) is 6.88. The lowest BCUT2D eigenvalue weighted by Crippen LogP contribution is -2.51. The number of nitrogens with one attached hydrogen (secondary N) is 3. The first-order chi connectivity index (χ1) is 12.6. The molecule has 4 rings (SSSR count). The van der Waals surface area contributed by atoms with Crippen LogP contribution in [0.3, 0.4) is 0 Å². The smallest absolute Gasteiger partial charge is 0.227 e. The maximum absolute atomic E-state index is 4.84. The molecular weight excluding hydrogens is 326 g/mol. The number of aromatic nitrogens is 4. The number of aromatic amines is 1. The van der Waals surface area contributed by atoms with Gasteiger partial charge in [0.1, 0.15) is 5.82 Å². The minimum Gasteiger partial charge on any atom is -0.340 e. The molecule has 1 saturated heterocycles. The van der Waals surface area contributed by atoms with E-state index in [1.807, 2.05) is 25.3 Å². The Kier molecular flexibility index (Phi) is 4.46. The highest BCUT2D eigenvalue weighted by atomic mass is 15.3. The van der Waals surface area contributed by atoms with Gasteiger partial charge in [0.05, 0.1) is 11.7 Å². The summed E-state index contributed by atoms with van der Waals surface area (Å²) >= 11 is 0. The number of H-pyrrole nitrogens is 1. The Bertz CT molecular complexity index is 917. The summed E-state index contributed by atoms with van der Waals surface area (Å²) in [5, 5.41) is 15.1. The fraction of sp³-hybridized carbons (Fsp3) is 0.421. The van der Waals surface area contributed by atoms with Crippen LogP contribution in [0.4, 0.5) is 17.5 Å². The third-order valence-corrected chi connectivity index (χ3v) is 5.11. The van der Waals surface area contributed by atoms with Gasteiger partial charge < -0.3 is 15.5 Å². The highest BCUT2D eigenvalue weighted by Gasteiger charge is 2.21. The van der Waals surface area contributed by atoms with Gasteiger partial charge in [0.2, 0.25) is 5.95 Å². The van der Waals surface area contributed by atoms with E-state index in [1.54, 1.807) is 0 Å². The molecule has 1 atom stereocenters. The molecule has 0 amide bonds. The van der Waals surface area contributed by atoms with Crippen molar-refractivity contribution in [3.8, 4) is 0 Å². The lowest BCUT2D eigenvalue weighted by atomic mass is 10.1. The summed E-state index contributed by atoms with van der Waals surface area (Å²) in [6.07, 6.45) is 2.94. The molecule has 0 bridgehead atoms. The molecular formula is C19H25N7. The van der Waals surface area contributed by atoms with Gasteiger partial charge in [-0.2, -0.15) is 10.1 Å². The van der Waals surface area contributed by atoms with Crippen LogP contribution in [0.15, 0.2) is 24.4 Å². The van der Waals surface area contributed by atoms with Crippen molar-refractivity contribution >= 4 is 28.4 Å². The Morgan fingerprint density at radius 3 is 3.00 bits per heavy atom. The van der Waals surface area contributed by atoms with Crippen molar-refractivity contribution in [1.82, 2.24) is 25.5 Å². The fourth-order valence-corrected chi connectivity index (χ4v) is 3.31. The molecule has 0 aliphatic carbocycles. The van der Waals surface area contributed by atoms with Crippen LogP contribution in [-0.2, 0) is 0 Å². The van der Waals surface area contributed by atoms with Crippen LogP contribution in [-0.4, -0.2) is 45.8 Å². The molecule has 2 aromatic heterocycles. The SMILES string of the molecule is CCC1CN(c2nc(C)c(C)c(Nc3ccc4[nH]ncc4c3)n2)CCN1. The van der Waals surface area contributed by atoms with Crippen LogP contribution in [0.5, 0.6) is 0 Å². The molecule has 1 unspecified atom stereocenters. The minimum atomic E-state index is 0.494. The second kappa shape index (κ2) is 6.92. The number of hydrogen-bond donors (Lipinski definition) is 3. The fourth-order valence-electron chi connectivity index (χ4n) is 3.31. The number of anilines is 3. The topological polar surface area (TPSA) is 81.8 Å². The van der Waals surface area contributed by atoms with Crippen LogP contribution in [0.2, 0.25) is 0 Å². The molecule has 7 heteroatoms. The number of piperazine rings is 1. The molecule has 0 saturated carbocycles. The standard InChI is InChI=1S/C19H25N7/c1-4-15-11-26(8-7-20-15)19-22-13(3)12(2)18(24-19)23-16-5-6-17-14(9-16)10-21-25-17/h5-6,9-10,15,20H,4,7-8,11H2,1-3H3,(H,21,25)(H,22,23,24). The average molecular weight is 351 g/mol. The highest BCUT2D eigenvalue weighted by molar-refractivity contribution is 5.82. The van der Waals surface area contributed by atoms with Gasteiger partial charge in [0.15, 0.2) is 0 Å². The van der Waals surface area contributed by atoms with Crippen LogP contribution in [0, 0.1) is 13.8 Å². The number of fused-ring (bicyclic) bond motifs is 1. The summed E-state index contributed by atoms with van der Waals surface area (Å²) in [6.45, 7) is 9.16. The lowest BCUT2D eigenvalue weighted by molar-refractivity contribution is 0.442. The van der Waals surface area contributed by atoms with Crippen molar-refractivity contribution in [2.24, 2.45) is 0 Å². The summed E-state index contributed by atoms with van der Waals surface area (Å²) in [7, 11) is 0. The van der Waals surface area contributed by atoms with Gasteiger partial charge in [-0.25, -0.2) is 4.98 Å². The molecule has 3 N–H and O–H groups in total. The first-order valence-corrected chi connectivity index (χ1v) is 9.17. The van der Waals surface area contributed by atoms with Crippen molar-refractivity contribution in [3.63, 3.8) is 0 Å². The monoisotopic (exact) mass is 351 g/mol. The highest BCUT2D eigenvalue weighted by Crippen LogP contribution is 2.25. The maximum Gasteiger partial charge on any atom is 0.227 e. The van der Waals surface area contributed by atoms with E-state index in [4.69, 9.17) is 9.97 Å². The largest absolute Gasteiger partial charge is 0.340 e. The normalized spacial score (nSPS) is 17.7. The molecule has 3 heterocycles. The average Bonchev–Trinajstić information content (AvgIpc) is 3.13. The van der Waals surface area contributed by atoms with E-state index in [9.17, 15) is 0 Å². The first-order valence-electron chi connectivity index (χ1n) is 9.17. The second-order valence-corrected chi connectivity index (χ2v) is 6.88.